The Morgan fingerprint density at radius 1 is 1.14 bits per heavy atom. The van der Waals surface area contributed by atoms with Crippen LogP contribution in [0.1, 0.15) is 40.9 Å². The molecular formula is C18H18Br2O. The molecule has 1 heterocycles. The summed E-state index contributed by atoms with van der Waals surface area (Å²) in [6.07, 6.45) is 0.963. The van der Waals surface area contributed by atoms with Crippen LogP contribution in [-0.2, 0) is 6.42 Å². The molecule has 1 nitrogen and oxygen atoms in total. The minimum absolute atomic E-state index is 0.0906. The van der Waals surface area contributed by atoms with Crippen LogP contribution >= 0.6 is 31.9 Å². The van der Waals surface area contributed by atoms with Crippen molar-refractivity contribution < 1.29 is 4.74 Å². The molecule has 0 radical (unpaired) electrons. The third-order valence-corrected chi connectivity index (χ3v) is 5.55. The number of fused-ring (bicyclic) bond motifs is 1. The van der Waals surface area contributed by atoms with E-state index in [0.717, 1.165) is 16.6 Å². The molecule has 0 saturated heterocycles. The van der Waals surface area contributed by atoms with Gasteiger partial charge in [0.15, 0.2) is 0 Å². The Morgan fingerprint density at radius 3 is 2.67 bits per heavy atom. The summed E-state index contributed by atoms with van der Waals surface area (Å²) < 4.78 is 7.08. The number of rotatable bonds is 2. The number of hydrogen-bond acceptors (Lipinski definition) is 1. The average Bonchev–Trinajstić information content (AvgIpc) is 2.73. The van der Waals surface area contributed by atoms with Crippen LogP contribution < -0.4 is 4.74 Å². The number of aryl methyl sites for hydroxylation is 1. The van der Waals surface area contributed by atoms with Gasteiger partial charge in [-0.1, -0.05) is 61.7 Å². The maximum Gasteiger partial charge on any atom is 0.123 e. The van der Waals surface area contributed by atoms with E-state index in [1.54, 1.807) is 0 Å². The second kappa shape index (κ2) is 5.44. The predicted octanol–water partition coefficient (Wildman–Crippen LogP) is 5.96. The molecular weight excluding hydrogens is 392 g/mol. The lowest BCUT2D eigenvalue weighted by molar-refractivity contribution is 0.138. The van der Waals surface area contributed by atoms with Crippen LogP contribution in [0.25, 0.3) is 0 Å². The number of hydrogen-bond donors (Lipinski definition) is 0. The minimum atomic E-state index is -0.0906. The van der Waals surface area contributed by atoms with Crippen molar-refractivity contribution in [1.29, 1.82) is 0 Å². The van der Waals surface area contributed by atoms with Crippen molar-refractivity contribution in [2.24, 2.45) is 0 Å². The van der Waals surface area contributed by atoms with Gasteiger partial charge >= 0.3 is 0 Å². The molecule has 0 saturated carbocycles. The largest absolute Gasteiger partial charge is 0.487 e. The second-order valence-corrected chi connectivity index (χ2v) is 8.06. The first-order valence-electron chi connectivity index (χ1n) is 7.08. The normalized spacial score (nSPS) is 17.2. The summed E-state index contributed by atoms with van der Waals surface area (Å²) in [5.74, 6) is 1.02. The van der Waals surface area contributed by atoms with Gasteiger partial charge in [0.1, 0.15) is 11.4 Å². The van der Waals surface area contributed by atoms with Crippen LogP contribution in [-0.4, -0.2) is 5.60 Å². The van der Waals surface area contributed by atoms with E-state index in [1.165, 1.54) is 22.3 Å². The maximum atomic E-state index is 5.95. The highest BCUT2D eigenvalue weighted by molar-refractivity contribution is 9.11. The van der Waals surface area contributed by atoms with E-state index < -0.39 is 0 Å². The molecule has 1 aliphatic heterocycles. The quantitative estimate of drug-likeness (QED) is 0.556. The van der Waals surface area contributed by atoms with E-state index >= 15 is 0 Å². The fraction of sp³-hybridized carbons (Fsp3) is 0.333. The van der Waals surface area contributed by atoms with Gasteiger partial charge in [-0.3, -0.25) is 0 Å². The molecule has 0 fully saturated rings. The lowest BCUT2D eigenvalue weighted by Crippen LogP contribution is -2.24. The van der Waals surface area contributed by atoms with Crippen molar-refractivity contribution in [3.63, 3.8) is 0 Å². The number of ether oxygens (including phenoxy) is 1. The average molecular weight is 410 g/mol. The van der Waals surface area contributed by atoms with Gasteiger partial charge in [0, 0.05) is 10.9 Å². The van der Waals surface area contributed by atoms with Crippen molar-refractivity contribution in [3.8, 4) is 5.75 Å². The highest BCUT2D eigenvalue weighted by Gasteiger charge is 2.30. The topological polar surface area (TPSA) is 9.23 Å². The lowest BCUT2D eigenvalue weighted by Gasteiger charge is -2.16. The maximum absolute atomic E-state index is 5.95. The van der Waals surface area contributed by atoms with Gasteiger partial charge in [-0.25, -0.2) is 0 Å². The summed E-state index contributed by atoms with van der Waals surface area (Å²) in [6, 6.07) is 13.0. The molecule has 3 heteroatoms. The molecule has 0 N–H and O–H groups in total. The summed E-state index contributed by atoms with van der Waals surface area (Å²) in [6.45, 7) is 6.39. The van der Waals surface area contributed by atoms with E-state index in [4.69, 9.17) is 4.74 Å². The van der Waals surface area contributed by atoms with Crippen LogP contribution in [0, 0.1) is 6.92 Å². The summed E-state index contributed by atoms with van der Waals surface area (Å²) >= 11 is 7.50. The van der Waals surface area contributed by atoms with Gasteiger partial charge < -0.3 is 4.74 Å². The Morgan fingerprint density at radius 2 is 1.90 bits per heavy atom. The van der Waals surface area contributed by atoms with Gasteiger partial charge in [-0.2, -0.15) is 0 Å². The second-order valence-electron chi connectivity index (χ2n) is 6.29. The first kappa shape index (κ1) is 15.1. The summed E-state index contributed by atoms with van der Waals surface area (Å²) in [7, 11) is 0. The van der Waals surface area contributed by atoms with Crippen molar-refractivity contribution in [2.45, 2.75) is 37.6 Å². The molecule has 0 aliphatic carbocycles. The first-order chi connectivity index (χ1) is 9.85. The predicted molar refractivity (Wildman–Crippen MR) is 94.5 cm³/mol. The Bertz CT molecular complexity index is 692. The van der Waals surface area contributed by atoms with E-state index in [2.05, 4.69) is 89.0 Å². The molecule has 21 heavy (non-hydrogen) atoms. The van der Waals surface area contributed by atoms with E-state index in [0.29, 0.717) is 0 Å². The zero-order valence-corrected chi connectivity index (χ0v) is 15.6. The number of benzene rings is 2. The van der Waals surface area contributed by atoms with Gasteiger partial charge in [0.2, 0.25) is 0 Å². The fourth-order valence-corrected chi connectivity index (χ4v) is 4.27. The molecule has 0 spiro atoms. The van der Waals surface area contributed by atoms with Gasteiger partial charge in [-0.05, 0) is 49.6 Å². The lowest BCUT2D eigenvalue weighted by atomic mass is 9.97. The molecule has 1 atom stereocenters. The molecule has 2 aromatic rings. The van der Waals surface area contributed by atoms with E-state index in [-0.39, 0.29) is 10.4 Å². The van der Waals surface area contributed by atoms with Crippen LogP contribution in [0.15, 0.2) is 40.9 Å². The first-order valence-corrected chi connectivity index (χ1v) is 8.78. The fourth-order valence-electron chi connectivity index (χ4n) is 2.82. The Kier molecular flexibility index (Phi) is 3.91. The van der Waals surface area contributed by atoms with Crippen LogP contribution in [0.4, 0.5) is 0 Å². The summed E-state index contributed by atoms with van der Waals surface area (Å²) in [5.41, 5.74) is 5.00. The van der Waals surface area contributed by atoms with Crippen LogP contribution in [0.5, 0.6) is 5.75 Å². The van der Waals surface area contributed by atoms with Crippen molar-refractivity contribution in [1.82, 2.24) is 0 Å². The van der Waals surface area contributed by atoms with Crippen molar-refractivity contribution in [3.05, 3.63) is 63.1 Å². The molecule has 0 amide bonds. The third-order valence-electron chi connectivity index (χ3n) is 3.80. The van der Waals surface area contributed by atoms with Gasteiger partial charge in [0.05, 0.1) is 4.83 Å². The molecule has 0 aromatic heterocycles. The van der Waals surface area contributed by atoms with Crippen LogP contribution in [0.2, 0.25) is 0 Å². The number of halogens is 2. The minimum Gasteiger partial charge on any atom is -0.487 e. The number of alkyl halides is 1. The van der Waals surface area contributed by atoms with Gasteiger partial charge in [0.25, 0.3) is 0 Å². The Labute approximate surface area is 143 Å². The smallest absolute Gasteiger partial charge is 0.123 e. The zero-order valence-electron chi connectivity index (χ0n) is 12.4. The third kappa shape index (κ3) is 3.04. The molecule has 1 aliphatic rings. The Hall–Kier alpha value is -0.800. The molecule has 3 rings (SSSR count). The monoisotopic (exact) mass is 408 g/mol. The molecule has 0 bridgehead atoms. The van der Waals surface area contributed by atoms with Crippen molar-refractivity contribution >= 4 is 31.9 Å². The molecule has 1 unspecified atom stereocenters. The summed E-state index contributed by atoms with van der Waals surface area (Å²) in [4.78, 5) is 0.181. The zero-order chi connectivity index (χ0) is 15.2. The standard InChI is InChI=1S/C18H18Br2O/c1-11-4-6-15(19)14(8-11)17(20)12-5-7-16-13(9-12)10-18(2,3)21-16/h4-9,17H,10H2,1-3H3. The highest BCUT2D eigenvalue weighted by atomic mass is 79.9. The van der Waals surface area contributed by atoms with E-state index in [1.807, 2.05) is 0 Å². The molecule has 110 valence electrons. The molecule has 2 aromatic carbocycles. The SMILES string of the molecule is Cc1ccc(Br)c(C(Br)c2ccc3c(c2)CC(C)(C)O3)c1. The van der Waals surface area contributed by atoms with Crippen molar-refractivity contribution in [2.75, 3.05) is 0 Å². The van der Waals surface area contributed by atoms with Crippen LogP contribution in [0.3, 0.4) is 0 Å². The highest BCUT2D eigenvalue weighted by Crippen LogP contribution is 2.40. The van der Waals surface area contributed by atoms with E-state index in [9.17, 15) is 0 Å². The van der Waals surface area contributed by atoms with Gasteiger partial charge in [-0.15, -0.1) is 0 Å². The Balaban J connectivity index is 1.97. The summed E-state index contributed by atoms with van der Waals surface area (Å²) in [5, 5.41) is 0.